The van der Waals surface area contributed by atoms with E-state index in [2.05, 4.69) is 211 Å². The maximum Gasteiger partial charge on any atom is 0.252 e. The Labute approximate surface area is 479 Å². The molecule has 79 heavy (non-hydrogen) atoms. The van der Waals surface area contributed by atoms with Gasteiger partial charge in [0.1, 0.15) is 0 Å². The highest BCUT2D eigenvalue weighted by atomic mass is 32.1. The molecule has 6 heteroatoms. The van der Waals surface area contributed by atoms with Gasteiger partial charge in [-0.2, -0.15) is 5.26 Å². The molecule has 1 saturated carbocycles. The van der Waals surface area contributed by atoms with Gasteiger partial charge in [-0.15, -0.1) is 11.3 Å². The summed E-state index contributed by atoms with van der Waals surface area (Å²) in [7, 11) is 0. The highest BCUT2D eigenvalue weighted by molar-refractivity contribution is 7.26. The van der Waals surface area contributed by atoms with Gasteiger partial charge in [-0.25, -0.2) is 0 Å². The standard InChI is InChI=1S/C73H71BN4S/c1-68(2)33-35-70(5,6)55-41-48(25-28-53(55)68)76(49-26-29-54-56(42-49)71(7,8)36-34-69(54,3)4)50-27-30-58-61(43-50)77(60-23-18-22-52-51-21-14-15-24-64(51)79-67(52)60)62-39-47(46-19-12-11-13-20-46)40-63-65(62)74(58)59-38-45(44-75)37-57-66(59)78(63)73(10)32-17-16-31-72(57,73)9/h11-15,18-30,37-43H,16-17,31-36H2,1-10H3/i11D,12D,13D,19D,20D. The summed E-state index contributed by atoms with van der Waals surface area (Å²) in [4.78, 5) is 7.54. The fourth-order valence-electron chi connectivity index (χ4n) is 16.1. The fourth-order valence-corrected chi connectivity index (χ4v) is 17.3. The molecular formula is C73H71BN4S. The summed E-state index contributed by atoms with van der Waals surface area (Å²) in [5.74, 6) is 0. The first kappa shape index (κ1) is 43.8. The number of hydrogen-bond acceptors (Lipinski definition) is 5. The quantitative estimate of drug-likeness (QED) is 0.161. The number of benzene rings is 8. The number of rotatable bonds is 5. The van der Waals surface area contributed by atoms with E-state index < -0.39 is 11.6 Å². The molecule has 2 unspecified atom stereocenters. The van der Waals surface area contributed by atoms with E-state index in [1.807, 2.05) is 0 Å². The highest BCUT2D eigenvalue weighted by Crippen LogP contribution is 2.63. The molecule has 4 nitrogen and oxygen atoms in total. The molecule has 0 bridgehead atoms. The minimum Gasteiger partial charge on any atom is -0.335 e. The van der Waals surface area contributed by atoms with Crippen molar-refractivity contribution in [1.82, 2.24) is 0 Å². The Morgan fingerprint density at radius 3 is 1.82 bits per heavy atom. The molecule has 6 aliphatic rings. The van der Waals surface area contributed by atoms with Crippen molar-refractivity contribution in [3.63, 3.8) is 0 Å². The molecule has 0 radical (unpaired) electrons. The normalized spacial score (nSPS) is 22.9. The molecule has 4 heterocycles. The Morgan fingerprint density at radius 1 is 0.532 bits per heavy atom. The lowest BCUT2D eigenvalue weighted by atomic mass is 9.33. The van der Waals surface area contributed by atoms with Gasteiger partial charge in [0.25, 0.3) is 6.71 Å². The van der Waals surface area contributed by atoms with E-state index in [-0.39, 0.29) is 63.5 Å². The van der Waals surface area contributed by atoms with E-state index in [0.29, 0.717) is 11.1 Å². The van der Waals surface area contributed by atoms with E-state index in [0.717, 1.165) is 123 Å². The molecule has 9 aromatic rings. The Kier molecular flexibility index (Phi) is 9.15. The SMILES string of the molecule is [2H]c1c([2H])c([2H])c(-c2cc3c4c(c2)N2c5c(cc(C#N)cc5C5(C)CCCCC25C)B4c2ccc(N(c4ccc5c(c4)C(C)(C)CCC5(C)C)c4ccc5c(c4)C(C)(C)CCC5(C)C)cc2N3c2cccc3c2sc2ccccc23)c([2H])c1[2H]. The summed E-state index contributed by atoms with van der Waals surface area (Å²) in [5, 5.41) is 13.4. The van der Waals surface area contributed by atoms with Crippen LogP contribution >= 0.6 is 11.3 Å². The second-order valence-corrected chi connectivity index (χ2v) is 28.3. The largest absolute Gasteiger partial charge is 0.335 e. The number of thiophene rings is 1. The van der Waals surface area contributed by atoms with Crippen LogP contribution in [-0.2, 0) is 27.1 Å². The van der Waals surface area contributed by atoms with Crippen LogP contribution < -0.4 is 31.1 Å². The molecule has 0 saturated heterocycles. The van der Waals surface area contributed by atoms with Crippen LogP contribution in [0.1, 0.15) is 161 Å². The van der Waals surface area contributed by atoms with Gasteiger partial charge in [-0.1, -0.05) is 154 Å². The lowest BCUT2D eigenvalue weighted by molar-refractivity contribution is 0.195. The van der Waals surface area contributed by atoms with Crippen LogP contribution in [0.3, 0.4) is 0 Å². The lowest BCUT2D eigenvalue weighted by Crippen LogP contribution is -2.64. The van der Waals surface area contributed by atoms with Gasteiger partial charge >= 0.3 is 0 Å². The third kappa shape index (κ3) is 6.78. The van der Waals surface area contributed by atoms with Crippen molar-refractivity contribution >= 4 is 100 Å². The zero-order chi connectivity index (χ0) is 58.7. The molecule has 8 aromatic carbocycles. The van der Waals surface area contributed by atoms with Crippen LogP contribution in [0.4, 0.5) is 45.5 Å². The van der Waals surface area contributed by atoms with Gasteiger partial charge < -0.3 is 14.7 Å². The lowest BCUT2D eigenvalue weighted by Gasteiger charge is -2.53. The van der Waals surface area contributed by atoms with Gasteiger partial charge in [-0.05, 0) is 195 Å². The average Bonchev–Trinajstić information content (AvgIpc) is 1.44. The van der Waals surface area contributed by atoms with Crippen molar-refractivity contribution in [1.29, 1.82) is 5.26 Å². The molecule has 0 amide bonds. The number of anilines is 8. The van der Waals surface area contributed by atoms with Gasteiger partial charge in [0.15, 0.2) is 0 Å². The van der Waals surface area contributed by atoms with E-state index in [4.69, 9.17) is 4.11 Å². The minimum absolute atomic E-state index is 0.0288. The molecular weight excluding hydrogens is 976 g/mol. The maximum absolute atomic E-state index is 11.1. The third-order valence-electron chi connectivity index (χ3n) is 21.0. The topological polar surface area (TPSA) is 33.5 Å². The number of nitrogens with zero attached hydrogens (tertiary/aromatic N) is 4. The Bertz CT molecular complexity index is 4340. The first-order valence-electron chi connectivity index (χ1n) is 31.5. The first-order valence-corrected chi connectivity index (χ1v) is 29.8. The molecule has 15 rings (SSSR count). The number of fused-ring (bicyclic) bond motifs is 12. The Balaban J connectivity index is 1.08. The van der Waals surface area contributed by atoms with Crippen LogP contribution in [0.5, 0.6) is 0 Å². The molecule has 1 aromatic heterocycles. The molecule has 0 N–H and O–H groups in total. The first-order chi connectivity index (χ1) is 39.9. The summed E-state index contributed by atoms with van der Waals surface area (Å²) in [6.07, 6.45) is 8.44. The molecule has 1 fully saturated rings. The monoisotopic (exact) mass is 1050 g/mol. The summed E-state index contributed by atoms with van der Waals surface area (Å²) in [6.45, 7) is 23.7. The highest BCUT2D eigenvalue weighted by Gasteiger charge is 2.61. The number of nitriles is 1. The molecule has 0 spiro atoms. The average molecular weight is 1050 g/mol. The van der Waals surface area contributed by atoms with E-state index in [1.165, 1.54) is 37.9 Å². The summed E-state index contributed by atoms with van der Waals surface area (Å²) < 4.78 is 48.4. The molecule has 2 atom stereocenters. The van der Waals surface area contributed by atoms with E-state index in [9.17, 15) is 8.00 Å². The van der Waals surface area contributed by atoms with Crippen molar-refractivity contribution in [2.45, 2.75) is 153 Å². The van der Waals surface area contributed by atoms with Gasteiger partial charge in [0.05, 0.1) is 34.4 Å². The van der Waals surface area contributed by atoms with Crippen LogP contribution in [0.15, 0.2) is 152 Å². The van der Waals surface area contributed by atoms with Gasteiger partial charge in [0.2, 0.25) is 0 Å². The van der Waals surface area contributed by atoms with Crippen LogP contribution in [-0.4, -0.2) is 12.3 Å². The second kappa shape index (κ2) is 16.5. The zero-order valence-electron chi connectivity index (χ0n) is 52.5. The number of hydrogen-bond donors (Lipinski definition) is 0. The van der Waals surface area contributed by atoms with Crippen molar-refractivity contribution in [3.8, 4) is 17.2 Å². The van der Waals surface area contributed by atoms with Gasteiger partial charge in [-0.3, -0.25) is 0 Å². The molecule has 3 aliphatic carbocycles. The van der Waals surface area contributed by atoms with Crippen molar-refractivity contribution in [2.75, 3.05) is 14.7 Å². The minimum atomic E-state index is -0.411. The predicted molar refractivity (Wildman–Crippen MR) is 337 cm³/mol. The third-order valence-corrected chi connectivity index (χ3v) is 22.2. The van der Waals surface area contributed by atoms with E-state index in [1.54, 1.807) is 11.3 Å². The van der Waals surface area contributed by atoms with Crippen LogP contribution in [0.25, 0.3) is 31.3 Å². The van der Waals surface area contributed by atoms with Gasteiger partial charge in [0, 0.05) is 60.7 Å². The molecule has 3 aliphatic heterocycles. The van der Waals surface area contributed by atoms with E-state index >= 15 is 0 Å². The Morgan fingerprint density at radius 2 is 1.14 bits per heavy atom. The zero-order valence-corrected chi connectivity index (χ0v) is 48.3. The fraction of sp³-hybridized carbons (Fsp3) is 0.329. The van der Waals surface area contributed by atoms with Crippen LogP contribution in [0.2, 0.25) is 0 Å². The van der Waals surface area contributed by atoms with Crippen LogP contribution in [0, 0.1) is 11.3 Å². The summed E-state index contributed by atoms with van der Waals surface area (Å²) in [6, 6.07) is 46.6. The summed E-state index contributed by atoms with van der Waals surface area (Å²) in [5.41, 5.74) is 19.0. The van der Waals surface area contributed by atoms with Crippen molar-refractivity contribution in [3.05, 3.63) is 185 Å². The molecule has 392 valence electrons. The Hall–Kier alpha value is -7.07. The second-order valence-electron chi connectivity index (χ2n) is 27.2. The smallest absolute Gasteiger partial charge is 0.252 e. The van der Waals surface area contributed by atoms with Crippen molar-refractivity contribution < 1.29 is 6.85 Å². The summed E-state index contributed by atoms with van der Waals surface area (Å²) >= 11 is 1.79. The van der Waals surface area contributed by atoms with Crippen molar-refractivity contribution in [2.24, 2.45) is 0 Å². The maximum atomic E-state index is 11.1. The predicted octanol–water partition coefficient (Wildman–Crippen LogP) is 18.1.